The molecule has 1 aliphatic rings. The molecule has 35 heavy (non-hydrogen) atoms. The summed E-state index contributed by atoms with van der Waals surface area (Å²) in [6.45, 7) is 7.70. The molecule has 1 unspecified atom stereocenters. The number of nitrogens with one attached hydrogen (secondary N) is 2. The summed E-state index contributed by atoms with van der Waals surface area (Å²) in [6, 6.07) is 14.3. The number of benzene rings is 2. The number of anilines is 2. The lowest BCUT2D eigenvalue weighted by Gasteiger charge is -2.35. The Kier molecular flexibility index (Phi) is 6.87. The van der Waals surface area contributed by atoms with E-state index in [0.29, 0.717) is 22.9 Å². The minimum Gasteiger partial charge on any atom is -0.452 e. The highest BCUT2D eigenvalue weighted by Crippen LogP contribution is 2.39. The molecule has 1 aromatic heterocycles. The van der Waals surface area contributed by atoms with Crippen molar-refractivity contribution in [2.75, 3.05) is 17.2 Å². The third-order valence-corrected chi connectivity index (χ3v) is 6.51. The number of pyridine rings is 1. The summed E-state index contributed by atoms with van der Waals surface area (Å²) < 4.78 is 5.50. The van der Waals surface area contributed by atoms with Crippen molar-refractivity contribution in [3.63, 3.8) is 0 Å². The Hall–Kier alpha value is -3.74. The number of amides is 2. The predicted octanol–water partition coefficient (Wildman–Crippen LogP) is 5.14. The second-order valence-corrected chi connectivity index (χ2v) is 10.1. The average molecular weight is 474 g/mol. The van der Waals surface area contributed by atoms with Gasteiger partial charge in [0.1, 0.15) is 0 Å². The van der Waals surface area contributed by atoms with Crippen molar-refractivity contribution in [3.05, 3.63) is 65.4 Å². The SMILES string of the molecule is CC(=O)Nc1ccc(NC(=O)COC(=O)c2c3c(nc4ccccc24)CCC(C(C)(C)C)C3)cc1. The Morgan fingerprint density at radius 1 is 1.00 bits per heavy atom. The molecule has 0 bridgehead atoms. The molecule has 7 heteroatoms. The van der Waals surface area contributed by atoms with Gasteiger partial charge in [-0.2, -0.15) is 0 Å². The second-order valence-electron chi connectivity index (χ2n) is 10.1. The molecule has 2 N–H and O–H groups in total. The van der Waals surface area contributed by atoms with Gasteiger partial charge in [-0.3, -0.25) is 14.6 Å². The monoisotopic (exact) mass is 473 g/mol. The molecule has 4 rings (SSSR count). The summed E-state index contributed by atoms with van der Waals surface area (Å²) in [7, 11) is 0. The van der Waals surface area contributed by atoms with Gasteiger partial charge < -0.3 is 15.4 Å². The topological polar surface area (TPSA) is 97.4 Å². The van der Waals surface area contributed by atoms with Crippen molar-refractivity contribution in [1.82, 2.24) is 4.98 Å². The summed E-state index contributed by atoms with van der Waals surface area (Å²) in [5, 5.41) is 6.13. The van der Waals surface area contributed by atoms with Crippen molar-refractivity contribution in [1.29, 1.82) is 0 Å². The van der Waals surface area contributed by atoms with Crippen LogP contribution in [0.25, 0.3) is 10.9 Å². The lowest BCUT2D eigenvalue weighted by molar-refractivity contribution is -0.119. The maximum Gasteiger partial charge on any atom is 0.339 e. The van der Waals surface area contributed by atoms with Gasteiger partial charge in [0.2, 0.25) is 5.91 Å². The quantitative estimate of drug-likeness (QED) is 0.500. The first kappa shape index (κ1) is 24.4. The Labute approximate surface area is 205 Å². The molecule has 1 aliphatic carbocycles. The molecule has 3 aromatic rings. The van der Waals surface area contributed by atoms with Crippen LogP contribution in [0.1, 0.15) is 55.7 Å². The van der Waals surface area contributed by atoms with E-state index in [1.165, 1.54) is 6.92 Å². The van der Waals surface area contributed by atoms with Crippen LogP contribution in [0.5, 0.6) is 0 Å². The number of fused-ring (bicyclic) bond motifs is 2. The summed E-state index contributed by atoms with van der Waals surface area (Å²) in [5.74, 6) is -0.697. The molecule has 0 radical (unpaired) electrons. The van der Waals surface area contributed by atoms with E-state index in [1.807, 2.05) is 24.3 Å². The van der Waals surface area contributed by atoms with Crippen LogP contribution >= 0.6 is 0 Å². The number of aryl methyl sites for hydroxylation is 1. The summed E-state index contributed by atoms with van der Waals surface area (Å²) in [4.78, 5) is 41.8. The van der Waals surface area contributed by atoms with E-state index >= 15 is 0 Å². The minimum absolute atomic E-state index is 0.111. The van der Waals surface area contributed by atoms with Crippen LogP contribution in [0.3, 0.4) is 0 Å². The fraction of sp³-hybridized carbons (Fsp3) is 0.357. The molecule has 7 nitrogen and oxygen atoms in total. The van der Waals surface area contributed by atoms with E-state index in [-0.39, 0.29) is 11.3 Å². The number of nitrogens with zero attached hydrogens (tertiary/aromatic N) is 1. The summed E-state index contributed by atoms with van der Waals surface area (Å²) in [5.41, 5.74) is 4.45. The molecule has 182 valence electrons. The third-order valence-electron chi connectivity index (χ3n) is 6.51. The molecule has 2 aromatic carbocycles. The van der Waals surface area contributed by atoms with E-state index in [4.69, 9.17) is 9.72 Å². The number of aromatic nitrogens is 1. The van der Waals surface area contributed by atoms with Crippen LogP contribution in [0.4, 0.5) is 11.4 Å². The van der Waals surface area contributed by atoms with Gasteiger partial charge in [-0.25, -0.2) is 4.79 Å². The van der Waals surface area contributed by atoms with E-state index in [2.05, 4.69) is 31.4 Å². The van der Waals surface area contributed by atoms with E-state index in [9.17, 15) is 14.4 Å². The van der Waals surface area contributed by atoms with Crippen LogP contribution in [0.2, 0.25) is 0 Å². The van der Waals surface area contributed by atoms with Gasteiger partial charge in [-0.1, -0.05) is 39.0 Å². The fourth-order valence-corrected chi connectivity index (χ4v) is 4.60. The molecule has 0 fully saturated rings. The standard InChI is InChI=1S/C28H31N3O4/c1-17(32)29-19-10-12-20(13-11-19)30-25(33)16-35-27(34)26-21-7-5-6-8-23(21)31-24-14-9-18(15-22(24)26)28(2,3)4/h5-8,10-13,18H,9,14-16H2,1-4H3,(H,29,32)(H,30,33). The number of hydrogen-bond donors (Lipinski definition) is 2. The van der Waals surface area contributed by atoms with Crippen LogP contribution < -0.4 is 10.6 Å². The Morgan fingerprint density at radius 2 is 1.66 bits per heavy atom. The molecule has 2 amide bonds. The summed E-state index contributed by atoms with van der Waals surface area (Å²) >= 11 is 0. The smallest absolute Gasteiger partial charge is 0.339 e. The first-order chi connectivity index (χ1) is 16.6. The highest BCUT2D eigenvalue weighted by molar-refractivity contribution is 6.06. The molecule has 0 aliphatic heterocycles. The predicted molar refractivity (Wildman–Crippen MR) is 136 cm³/mol. The number of ether oxygens (including phenoxy) is 1. The normalized spacial score (nSPS) is 15.3. The average Bonchev–Trinajstić information content (AvgIpc) is 2.81. The zero-order valence-corrected chi connectivity index (χ0v) is 20.6. The van der Waals surface area contributed by atoms with Crippen LogP contribution in [0, 0.1) is 11.3 Å². The largest absolute Gasteiger partial charge is 0.452 e. The Morgan fingerprint density at radius 3 is 2.31 bits per heavy atom. The number of carbonyl (C=O) groups is 3. The molecule has 1 heterocycles. The van der Waals surface area contributed by atoms with Gasteiger partial charge in [0, 0.05) is 29.4 Å². The van der Waals surface area contributed by atoms with E-state index in [0.717, 1.165) is 41.4 Å². The summed E-state index contributed by atoms with van der Waals surface area (Å²) in [6.07, 6.45) is 2.60. The molecular formula is C28H31N3O4. The Bertz CT molecular complexity index is 1280. The first-order valence-corrected chi connectivity index (χ1v) is 11.9. The van der Waals surface area contributed by atoms with Crippen LogP contribution in [-0.4, -0.2) is 29.4 Å². The van der Waals surface area contributed by atoms with E-state index < -0.39 is 18.5 Å². The van der Waals surface area contributed by atoms with Crippen LogP contribution in [-0.2, 0) is 27.2 Å². The first-order valence-electron chi connectivity index (χ1n) is 11.9. The van der Waals surface area contributed by atoms with E-state index in [1.54, 1.807) is 24.3 Å². The van der Waals surface area contributed by atoms with Crippen molar-refractivity contribution in [2.24, 2.45) is 11.3 Å². The van der Waals surface area contributed by atoms with Crippen molar-refractivity contribution >= 4 is 40.1 Å². The Balaban J connectivity index is 1.51. The van der Waals surface area contributed by atoms with Gasteiger partial charge in [0.15, 0.2) is 6.61 Å². The second kappa shape index (κ2) is 9.86. The number of esters is 1. The maximum absolute atomic E-state index is 13.3. The molecule has 1 atom stereocenters. The number of carbonyl (C=O) groups excluding carboxylic acids is 3. The van der Waals surface area contributed by atoms with Crippen molar-refractivity contribution in [2.45, 2.75) is 47.0 Å². The lowest BCUT2D eigenvalue weighted by atomic mass is 9.70. The van der Waals surface area contributed by atoms with Gasteiger partial charge in [-0.05, 0) is 66.5 Å². The zero-order valence-electron chi connectivity index (χ0n) is 20.6. The number of rotatable bonds is 5. The van der Waals surface area contributed by atoms with Gasteiger partial charge in [-0.15, -0.1) is 0 Å². The lowest BCUT2D eigenvalue weighted by Crippen LogP contribution is -2.29. The van der Waals surface area contributed by atoms with Crippen molar-refractivity contribution < 1.29 is 19.1 Å². The highest BCUT2D eigenvalue weighted by Gasteiger charge is 2.33. The van der Waals surface area contributed by atoms with Gasteiger partial charge >= 0.3 is 5.97 Å². The van der Waals surface area contributed by atoms with Crippen LogP contribution in [0.15, 0.2) is 48.5 Å². The maximum atomic E-state index is 13.3. The fourth-order valence-electron chi connectivity index (χ4n) is 4.60. The number of hydrogen-bond acceptors (Lipinski definition) is 5. The molecule has 0 saturated carbocycles. The third kappa shape index (κ3) is 5.67. The molecule has 0 spiro atoms. The number of para-hydroxylation sites is 1. The molecular weight excluding hydrogens is 442 g/mol. The van der Waals surface area contributed by atoms with Crippen molar-refractivity contribution in [3.8, 4) is 0 Å². The molecule has 0 saturated heterocycles. The highest BCUT2D eigenvalue weighted by atomic mass is 16.5. The zero-order chi connectivity index (χ0) is 25.2. The minimum atomic E-state index is -0.509. The van der Waals surface area contributed by atoms with Gasteiger partial charge in [0.25, 0.3) is 5.91 Å². The van der Waals surface area contributed by atoms with Gasteiger partial charge in [0.05, 0.1) is 11.1 Å².